The van der Waals surface area contributed by atoms with Crippen LogP contribution in [0.4, 0.5) is 4.79 Å². The standard InChI is InChI=1S/C13H20N2O3/c1-13(6-2-3-7-13)15-12(18)14-10-5-4-9(8-10)11(16)17/h4-5,9-10H,2-3,6-8H2,1H3,(H,16,17)(H2,14,15,18). The van der Waals surface area contributed by atoms with Gasteiger partial charge in [0.15, 0.2) is 0 Å². The molecule has 1 fully saturated rings. The van der Waals surface area contributed by atoms with Crippen molar-refractivity contribution < 1.29 is 14.7 Å². The monoisotopic (exact) mass is 252 g/mol. The fraction of sp³-hybridized carbons (Fsp3) is 0.692. The lowest BCUT2D eigenvalue weighted by Gasteiger charge is -2.26. The fourth-order valence-electron chi connectivity index (χ4n) is 2.75. The number of rotatable bonds is 3. The van der Waals surface area contributed by atoms with Crippen molar-refractivity contribution in [1.82, 2.24) is 10.6 Å². The van der Waals surface area contributed by atoms with Crippen LogP contribution in [0.15, 0.2) is 12.2 Å². The maximum atomic E-state index is 11.8. The van der Waals surface area contributed by atoms with E-state index in [2.05, 4.69) is 17.6 Å². The highest BCUT2D eigenvalue weighted by Gasteiger charge is 2.31. The first-order valence-electron chi connectivity index (χ1n) is 6.48. The summed E-state index contributed by atoms with van der Waals surface area (Å²) < 4.78 is 0. The molecule has 5 heteroatoms. The van der Waals surface area contributed by atoms with Gasteiger partial charge >= 0.3 is 12.0 Å². The maximum Gasteiger partial charge on any atom is 0.315 e. The van der Waals surface area contributed by atoms with Gasteiger partial charge in [0.1, 0.15) is 0 Å². The molecule has 2 amide bonds. The Hall–Kier alpha value is -1.52. The molecular weight excluding hydrogens is 232 g/mol. The summed E-state index contributed by atoms with van der Waals surface area (Å²) >= 11 is 0. The number of carbonyl (C=O) groups is 2. The molecule has 0 aromatic carbocycles. The van der Waals surface area contributed by atoms with Gasteiger partial charge in [-0.2, -0.15) is 0 Å². The minimum atomic E-state index is -0.835. The lowest BCUT2D eigenvalue weighted by atomic mass is 10.0. The van der Waals surface area contributed by atoms with Gasteiger partial charge in [-0.25, -0.2) is 4.79 Å². The van der Waals surface area contributed by atoms with Crippen molar-refractivity contribution >= 4 is 12.0 Å². The molecule has 2 atom stereocenters. The molecular formula is C13H20N2O3. The Balaban J connectivity index is 1.79. The van der Waals surface area contributed by atoms with Crippen LogP contribution in [-0.4, -0.2) is 28.7 Å². The summed E-state index contributed by atoms with van der Waals surface area (Å²) in [6.45, 7) is 2.06. The van der Waals surface area contributed by atoms with E-state index in [0.29, 0.717) is 6.42 Å². The first-order valence-corrected chi connectivity index (χ1v) is 6.48. The number of amides is 2. The Morgan fingerprint density at radius 2 is 1.94 bits per heavy atom. The van der Waals surface area contributed by atoms with Crippen LogP contribution < -0.4 is 10.6 Å². The zero-order valence-corrected chi connectivity index (χ0v) is 10.6. The quantitative estimate of drug-likeness (QED) is 0.668. The van der Waals surface area contributed by atoms with E-state index >= 15 is 0 Å². The first kappa shape index (κ1) is 12.9. The Bertz CT molecular complexity index is 372. The molecule has 0 aliphatic heterocycles. The molecule has 1 saturated carbocycles. The average molecular weight is 252 g/mol. The zero-order chi connectivity index (χ0) is 13.2. The van der Waals surface area contributed by atoms with Crippen LogP contribution in [-0.2, 0) is 4.79 Å². The first-order chi connectivity index (χ1) is 8.48. The second-order valence-electron chi connectivity index (χ2n) is 5.54. The minimum absolute atomic E-state index is 0.0986. The van der Waals surface area contributed by atoms with Gasteiger partial charge in [0.05, 0.1) is 12.0 Å². The molecule has 0 aromatic heterocycles. The molecule has 3 N–H and O–H groups in total. The number of urea groups is 1. The van der Waals surface area contributed by atoms with E-state index in [1.54, 1.807) is 12.2 Å². The smallest absolute Gasteiger partial charge is 0.315 e. The van der Waals surface area contributed by atoms with Gasteiger partial charge in [-0.15, -0.1) is 0 Å². The van der Waals surface area contributed by atoms with E-state index < -0.39 is 11.9 Å². The van der Waals surface area contributed by atoms with Crippen LogP contribution in [0.1, 0.15) is 39.0 Å². The Kier molecular flexibility index (Phi) is 3.59. The summed E-state index contributed by atoms with van der Waals surface area (Å²) in [6, 6.07) is -0.365. The Morgan fingerprint density at radius 1 is 1.28 bits per heavy atom. The van der Waals surface area contributed by atoms with Crippen molar-refractivity contribution in [2.45, 2.75) is 50.6 Å². The number of hydrogen-bond acceptors (Lipinski definition) is 2. The normalized spacial score (nSPS) is 29.2. The van der Waals surface area contributed by atoms with Gasteiger partial charge < -0.3 is 15.7 Å². The van der Waals surface area contributed by atoms with Gasteiger partial charge in [0.2, 0.25) is 0 Å². The van der Waals surface area contributed by atoms with E-state index in [1.807, 2.05) is 0 Å². The average Bonchev–Trinajstić information content (AvgIpc) is 2.87. The topological polar surface area (TPSA) is 78.4 Å². The molecule has 100 valence electrons. The lowest BCUT2D eigenvalue weighted by Crippen LogP contribution is -2.50. The second kappa shape index (κ2) is 5.00. The molecule has 5 nitrogen and oxygen atoms in total. The van der Waals surface area contributed by atoms with Crippen LogP contribution in [0.2, 0.25) is 0 Å². The van der Waals surface area contributed by atoms with Crippen LogP contribution in [0, 0.1) is 5.92 Å². The van der Waals surface area contributed by atoms with E-state index in [0.717, 1.165) is 25.7 Å². The number of carboxylic acid groups (broad SMARTS) is 1. The summed E-state index contributed by atoms with van der Waals surface area (Å²) in [5.41, 5.74) is -0.0986. The van der Waals surface area contributed by atoms with Gasteiger partial charge in [-0.05, 0) is 26.2 Å². The summed E-state index contributed by atoms with van der Waals surface area (Å²) in [5, 5.41) is 14.7. The SMILES string of the molecule is CC1(NC(=O)NC2C=CC(C(=O)O)C2)CCCC1. The molecule has 2 rings (SSSR count). The lowest BCUT2D eigenvalue weighted by molar-refractivity contribution is -0.140. The van der Waals surface area contributed by atoms with Crippen LogP contribution >= 0.6 is 0 Å². The Labute approximate surface area is 107 Å². The predicted octanol–water partition coefficient (Wildman–Crippen LogP) is 1.65. The fourth-order valence-corrected chi connectivity index (χ4v) is 2.75. The third kappa shape index (κ3) is 3.03. The number of aliphatic carboxylic acids is 1. The van der Waals surface area contributed by atoms with Crippen molar-refractivity contribution in [3.05, 3.63) is 12.2 Å². The van der Waals surface area contributed by atoms with Crippen molar-refractivity contribution in [3.63, 3.8) is 0 Å². The van der Waals surface area contributed by atoms with Crippen molar-refractivity contribution in [1.29, 1.82) is 0 Å². The van der Waals surface area contributed by atoms with Crippen molar-refractivity contribution in [3.8, 4) is 0 Å². The third-order valence-corrected chi connectivity index (χ3v) is 3.84. The molecule has 0 saturated heterocycles. The number of hydrogen-bond donors (Lipinski definition) is 3. The van der Waals surface area contributed by atoms with Crippen molar-refractivity contribution in [2.24, 2.45) is 5.92 Å². The molecule has 18 heavy (non-hydrogen) atoms. The van der Waals surface area contributed by atoms with Gasteiger partial charge in [-0.1, -0.05) is 25.0 Å². The summed E-state index contributed by atoms with van der Waals surface area (Å²) in [4.78, 5) is 22.6. The highest BCUT2D eigenvalue weighted by atomic mass is 16.4. The largest absolute Gasteiger partial charge is 0.481 e. The molecule has 2 unspecified atom stereocenters. The summed E-state index contributed by atoms with van der Waals surface area (Å²) in [6.07, 6.45) is 8.18. The molecule has 0 radical (unpaired) electrons. The van der Waals surface area contributed by atoms with Gasteiger partial charge in [-0.3, -0.25) is 4.79 Å². The van der Waals surface area contributed by atoms with Crippen LogP contribution in [0.3, 0.4) is 0 Å². The van der Waals surface area contributed by atoms with E-state index in [9.17, 15) is 9.59 Å². The van der Waals surface area contributed by atoms with Gasteiger partial charge in [0.25, 0.3) is 0 Å². The molecule has 2 aliphatic rings. The number of carbonyl (C=O) groups excluding carboxylic acids is 1. The maximum absolute atomic E-state index is 11.8. The minimum Gasteiger partial charge on any atom is -0.481 e. The zero-order valence-electron chi connectivity index (χ0n) is 10.6. The van der Waals surface area contributed by atoms with E-state index in [1.165, 1.54) is 0 Å². The molecule has 0 heterocycles. The van der Waals surface area contributed by atoms with Gasteiger partial charge in [0, 0.05) is 5.54 Å². The molecule has 0 spiro atoms. The molecule has 0 bridgehead atoms. The highest BCUT2D eigenvalue weighted by molar-refractivity contribution is 5.77. The van der Waals surface area contributed by atoms with Crippen molar-refractivity contribution in [2.75, 3.05) is 0 Å². The summed E-state index contributed by atoms with van der Waals surface area (Å²) in [5.74, 6) is -1.31. The Morgan fingerprint density at radius 3 is 2.50 bits per heavy atom. The summed E-state index contributed by atoms with van der Waals surface area (Å²) in [7, 11) is 0. The predicted molar refractivity (Wildman–Crippen MR) is 67.2 cm³/mol. The number of carboxylic acids is 1. The number of nitrogens with one attached hydrogen (secondary N) is 2. The highest BCUT2D eigenvalue weighted by Crippen LogP contribution is 2.28. The van der Waals surface area contributed by atoms with E-state index in [4.69, 9.17) is 5.11 Å². The molecule has 2 aliphatic carbocycles. The second-order valence-corrected chi connectivity index (χ2v) is 5.54. The third-order valence-electron chi connectivity index (χ3n) is 3.84. The molecule has 0 aromatic rings. The van der Waals surface area contributed by atoms with Crippen LogP contribution in [0.25, 0.3) is 0 Å². The van der Waals surface area contributed by atoms with Crippen LogP contribution in [0.5, 0.6) is 0 Å². The van der Waals surface area contributed by atoms with E-state index in [-0.39, 0.29) is 17.6 Å².